The fourth-order valence-corrected chi connectivity index (χ4v) is 1.81. The average Bonchev–Trinajstić information content (AvgIpc) is 2.06. The Morgan fingerprint density at radius 3 is 2.40 bits per heavy atom. The zero-order valence-corrected chi connectivity index (χ0v) is 8.51. The van der Waals surface area contributed by atoms with E-state index in [2.05, 4.69) is 0 Å². The van der Waals surface area contributed by atoms with E-state index in [1.54, 1.807) is 0 Å². The molecule has 82 valence electrons. The molecule has 0 bridgehead atoms. The molecule has 1 aromatic rings. The highest BCUT2D eigenvalue weighted by atomic mass is 32.2. The van der Waals surface area contributed by atoms with Crippen LogP contribution in [0.5, 0.6) is 0 Å². The van der Waals surface area contributed by atoms with E-state index in [1.807, 2.05) is 0 Å². The van der Waals surface area contributed by atoms with E-state index in [4.69, 9.17) is 10.2 Å². The predicted molar refractivity (Wildman–Crippen MR) is 49.5 cm³/mol. The lowest BCUT2D eigenvalue weighted by molar-refractivity contribution is 0.0691. The van der Waals surface area contributed by atoms with E-state index in [0.29, 0.717) is 5.56 Å². The maximum Gasteiger partial charge on any atom is 0.338 e. The molecular weight excluding hydrogens is 225 g/mol. The predicted octanol–water partition coefficient (Wildman–Crippen LogP) is 0.480. The largest absolute Gasteiger partial charge is 0.478 e. The summed E-state index contributed by atoms with van der Waals surface area (Å²) in [4.78, 5) is 9.77. The number of carboxylic acid groups (broad SMARTS) is 1. The SMILES string of the molecule is Cc1cc(C(=O)O)c(F)c(S(N)(=O)=O)c1. The number of hydrogen-bond acceptors (Lipinski definition) is 3. The van der Waals surface area contributed by atoms with Crippen LogP contribution in [0.3, 0.4) is 0 Å². The Hall–Kier alpha value is -1.47. The molecule has 0 aliphatic carbocycles. The number of sulfonamides is 1. The Morgan fingerprint density at radius 2 is 2.00 bits per heavy atom. The van der Waals surface area contributed by atoms with Gasteiger partial charge in [0.15, 0.2) is 5.82 Å². The third-order valence-corrected chi connectivity index (χ3v) is 2.63. The smallest absolute Gasteiger partial charge is 0.338 e. The molecule has 1 rings (SSSR count). The first kappa shape index (κ1) is 11.6. The van der Waals surface area contributed by atoms with Crippen molar-refractivity contribution in [3.63, 3.8) is 0 Å². The van der Waals surface area contributed by atoms with E-state index in [1.165, 1.54) is 6.92 Å². The lowest BCUT2D eigenvalue weighted by Gasteiger charge is -2.05. The number of rotatable bonds is 2. The molecule has 0 unspecified atom stereocenters. The van der Waals surface area contributed by atoms with Gasteiger partial charge in [0.2, 0.25) is 10.0 Å². The number of aryl methyl sites for hydroxylation is 1. The number of hydrogen-bond donors (Lipinski definition) is 2. The molecule has 0 saturated heterocycles. The van der Waals surface area contributed by atoms with Crippen LogP contribution in [0.15, 0.2) is 17.0 Å². The highest BCUT2D eigenvalue weighted by Crippen LogP contribution is 2.19. The second-order valence-corrected chi connectivity index (χ2v) is 4.50. The molecule has 0 aliphatic heterocycles. The molecule has 3 N–H and O–H groups in total. The second-order valence-electron chi connectivity index (χ2n) is 2.97. The molecule has 0 atom stereocenters. The van der Waals surface area contributed by atoms with Gasteiger partial charge in [0.1, 0.15) is 4.90 Å². The van der Waals surface area contributed by atoms with Crippen LogP contribution in [0, 0.1) is 12.7 Å². The molecule has 7 heteroatoms. The number of carbonyl (C=O) groups is 1. The molecule has 0 spiro atoms. The third-order valence-electron chi connectivity index (χ3n) is 1.72. The summed E-state index contributed by atoms with van der Waals surface area (Å²) in [5.74, 6) is -2.88. The van der Waals surface area contributed by atoms with Gasteiger partial charge in [-0.15, -0.1) is 0 Å². The Balaban J connectivity index is 3.63. The van der Waals surface area contributed by atoms with E-state index < -0.39 is 32.3 Å². The summed E-state index contributed by atoms with van der Waals surface area (Å²) in [6, 6.07) is 2.02. The van der Waals surface area contributed by atoms with Crippen molar-refractivity contribution < 1.29 is 22.7 Å². The molecule has 0 radical (unpaired) electrons. The number of nitrogens with two attached hydrogens (primary N) is 1. The Kier molecular flexibility index (Phi) is 2.78. The van der Waals surface area contributed by atoms with E-state index in [9.17, 15) is 17.6 Å². The first-order valence-corrected chi connectivity index (χ1v) is 5.34. The highest BCUT2D eigenvalue weighted by Gasteiger charge is 2.21. The lowest BCUT2D eigenvalue weighted by Crippen LogP contribution is -2.16. The van der Waals surface area contributed by atoms with E-state index in [0.717, 1.165) is 12.1 Å². The number of primary sulfonamides is 1. The highest BCUT2D eigenvalue weighted by molar-refractivity contribution is 7.89. The van der Waals surface area contributed by atoms with Crippen LogP contribution in [0.2, 0.25) is 0 Å². The quantitative estimate of drug-likeness (QED) is 0.776. The normalized spacial score (nSPS) is 11.4. The minimum absolute atomic E-state index is 0.304. The summed E-state index contributed by atoms with van der Waals surface area (Å²) in [6.45, 7) is 1.44. The Morgan fingerprint density at radius 1 is 1.47 bits per heavy atom. The van der Waals surface area contributed by atoms with Crippen LogP contribution in [-0.2, 0) is 10.0 Å². The standard InChI is InChI=1S/C8H8FNO4S/c1-4-2-5(8(11)12)7(9)6(3-4)15(10,13)14/h2-3H,1H3,(H,11,12)(H2,10,13,14). The molecular formula is C8H8FNO4S. The van der Waals surface area contributed by atoms with Crippen molar-refractivity contribution in [3.8, 4) is 0 Å². The maximum atomic E-state index is 13.4. The van der Waals surface area contributed by atoms with Crippen LogP contribution in [0.4, 0.5) is 4.39 Å². The number of aromatic carboxylic acids is 1. The van der Waals surface area contributed by atoms with Gasteiger partial charge in [0.25, 0.3) is 0 Å². The van der Waals surface area contributed by atoms with Crippen molar-refractivity contribution in [1.29, 1.82) is 0 Å². The molecule has 1 aromatic carbocycles. The average molecular weight is 233 g/mol. The minimum atomic E-state index is -4.25. The summed E-state index contributed by atoms with van der Waals surface area (Å²) in [5, 5.41) is 13.3. The van der Waals surface area contributed by atoms with Crippen LogP contribution < -0.4 is 5.14 Å². The fourth-order valence-electron chi connectivity index (χ4n) is 1.10. The van der Waals surface area contributed by atoms with Gasteiger partial charge in [0.05, 0.1) is 5.56 Å². The number of halogens is 1. The first-order valence-electron chi connectivity index (χ1n) is 3.79. The van der Waals surface area contributed by atoms with Crippen LogP contribution >= 0.6 is 0 Å². The Labute approximate surface area is 85.4 Å². The monoisotopic (exact) mass is 233 g/mol. The summed E-state index contributed by atoms with van der Waals surface area (Å²) in [5.41, 5.74) is -0.406. The van der Waals surface area contributed by atoms with Crippen molar-refractivity contribution in [2.75, 3.05) is 0 Å². The minimum Gasteiger partial charge on any atom is -0.478 e. The summed E-state index contributed by atoms with van der Waals surface area (Å²) in [6.07, 6.45) is 0. The van der Waals surface area contributed by atoms with Gasteiger partial charge in [-0.25, -0.2) is 22.7 Å². The second kappa shape index (κ2) is 3.59. The molecule has 5 nitrogen and oxygen atoms in total. The van der Waals surface area contributed by atoms with Gasteiger partial charge in [-0.3, -0.25) is 0 Å². The lowest BCUT2D eigenvalue weighted by atomic mass is 10.1. The van der Waals surface area contributed by atoms with Crippen LogP contribution in [0.1, 0.15) is 15.9 Å². The van der Waals surface area contributed by atoms with Gasteiger partial charge in [-0.05, 0) is 24.6 Å². The zero-order chi connectivity index (χ0) is 11.8. The van der Waals surface area contributed by atoms with Crippen molar-refractivity contribution in [2.24, 2.45) is 5.14 Å². The molecule has 15 heavy (non-hydrogen) atoms. The number of carboxylic acids is 1. The summed E-state index contributed by atoms with van der Waals surface area (Å²) < 4.78 is 35.2. The van der Waals surface area contributed by atoms with Crippen molar-refractivity contribution in [3.05, 3.63) is 29.1 Å². The zero-order valence-electron chi connectivity index (χ0n) is 7.69. The molecule has 0 heterocycles. The van der Waals surface area contributed by atoms with Crippen LogP contribution in [0.25, 0.3) is 0 Å². The molecule has 0 aromatic heterocycles. The van der Waals surface area contributed by atoms with Crippen molar-refractivity contribution >= 4 is 16.0 Å². The molecule has 0 fully saturated rings. The first-order chi connectivity index (χ1) is 6.73. The maximum absolute atomic E-state index is 13.4. The van der Waals surface area contributed by atoms with Crippen molar-refractivity contribution in [1.82, 2.24) is 0 Å². The number of benzene rings is 1. The Bertz CT molecular complexity index is 524. The fraction of sp³-hybridized carbons (Fsp3) is 0.125. The topological polar surface area (TPSA) is 97.5 Å². The van der Waals surface area contributed by atoms with E-state index >= 15 is 0 Å². The van der Waals surface area contributed by atoms with Gasteiger partial charge in [0, 0.05) is 0 Å². The summed E-state index contributed by atoms with van der Waals surface area (Å²) in [7, 11) is -4.25. The summed E-state index contributed by atoms with van der Waals surface area (Å²) >= 11 is 0. The molecule has 0 aliphatic rings. The van der Waals surface area contributed by atoms with Gasteiger partial charge in [-0.2, -0.15) is 0 Å². The van der Waals surface area contributed by atoms with Gasteiger partial charge >= 0.3 is 5.97 Å². The molecule has 0 amide bonds. The van der Waals surface area contributed by atoms with Crippen LogP contribution in [-0.4, -0.2) is 19.5 Å². The third kappa shape index (κ3) is 2.31. The van der Waals surface area contributed by atoms with E-state index in [-0.39, 0.29) is 0 Å². The van der Waals surface area contributed by atoms with Crippen molar-refractivity contribution in [2.45, 2.75) is 11.8 Å². The van der Waals surface area contributed by atoms with Gasteiger partial charge in [-0.1, -0.05) is 0 Å². The van der Waals surface area contributed by atoms with Gasteiger partial charge < -0.3 is 5.11 Å². The molecule has 0 saturated carbocycles.